The number of rotatable bonds is 6. The maximum atomic E-state index is 13.8. The van der Waals surface area contributed by atoms with Gasteiger partial charge in [-0.25, -0.2) is 9.37 Å². The predicted molar refractivity (Wildman–Crippen MR) is 82.7 cm³/mol. The molecule has 2 rings (SSSR count). The Bertz CT molecular complexity index is 556. The van der Waals surface area contributed by atoms with E-state index in [0.717, 1.165) is 18.2 Å². The van der Waals surface area contributed by atoms with Crippen LogP contribution in [0.4, 0.5) is 9.52 Å². The molecule has 0 saturated heterocycles. The van der Waals surface area contributed by atoms with Crippen LogP contribution in [0.15, 0.2) is 30.5 Å². The number of benzene rings is 1. The van der Waals surface area contributed by atoms with Gasteiger partial charge >= 0.3 is 0 Å². The number of anilines is 1. The minimum atomic E-state index is -0.170. The zero-order valence-electron chi connectivity index (χ0n) is 12.1. The van der Waals surface area contributed by atoms with Gasteiger partial charge in [0.2, 0.25) is 0 Å². The van der Waals surface area contributed by atoms with Crippen molar-refractivity contribution < 1.29 is 4.39 Å². The number of nitrogens with zero attached hydrogens (tertiary/aromatic N) is 2. The third kappa shape index (κ3) is 3.35. The van der Waals surface area contributed by atoms with Crippen LogP contribution in [0, 0.1) is 5.82 Å². The van der Waals surface area contributed by atoms with Crippen molar-refractivity contribution in [3.63, 3.8) is 0 Å². The molecule has 1 aromatic carbocycles. The summed E-state index contributed by atoms with van der Waals surface area (Å²) in [6, 6.07) is 6.85. The van der Waals surface area contributed by atoms with E-state index in [9.17, 15) is 4.39 Å². The first-order valence-electron chi connectivity index (χ1n) is 6.76. The summed E-state index contributed by atoms with van der Waals surface area (Å²) in [6.07, 6.45) is 1.88. The molecule has 108 valence electrons. The second-order valence-electron chi connectivity index (χ2n) is 4.70. The van der Waals surface area contributed by atoms with Gasteiger partial charge in [-0.05, 0) is 19.5 Å². The van der Waals surface area contributed by atoms with Gasteiger partial charge in [0.15, 0.2) is 5.13 Å². The average molecular weight is 293 g/mol. The van der Waals surface area contributed by atoms with Crippen LogP contribution in [0.2, 0.25) is 0 Å². The first kappa shape index (κ1) is 14.9. The van der Waals surface area contributed by atoms with Crippen molar-refractivity contribution in [3.8, 4) is 0 Å². The Morgan fingerprint density at radius 1 is 1.40 bits per heavy atom. The molecule has 5 heteroatoms. The van der Waals surface area contributed by atoms with Crippen molar-refractivity contribution in [1.29, 1.82) is 0 Å². The lowest BCUT2D eigenvalue weighted by Crippen LogP contribution is -2.22. The summed E-state index contributed by atoms with van der Waals surface area (Å²) >= 11 is 1.64. The molecule has 0 aliphatic heterocycles. The summed E-state index contributed by atoms with van der Waals surface area (Å²) in [6.45, 7) is 5.84. The van der Waals surface area contributed by atoms with E-state index < -0.39 is 0 Å². The van der Waals surface area contributed by atoms with E-state index in [1.807, 2.05) is 37.2 Å². The van der Waals surface area contributed by atoms with Crippen LogP contribution in [0.25, 0.3) is 0 Å². The third-order valence-electron chi connectivity index (χ3n) is 3.33. The average Bonchev–Trinajstić information content (AvgIpc) is 2.93. The summed E-state index contributed by atoms with van der Waals surface area (Å²) in [5.41, 5.74) is 0.693. The van der Waals surface area contributed by atoms with Gasteiger partial charge in [-0.2, -0.15) is 0 Å². The van der Waals surface area contributed by atoms with E-state index in [0.29, 0.717) is 5.56 Å². The van der Waals surface area contributed by atoms with Gasteiger partial charge in [-0.15, -0.1) is 11.3 Å². The Hall–Kier alpha value is -1.46. The predicted octanol–water partition coefficient (Wildman–Crippen LogP) is 3.59. The van der Waals surface area contributed by atoms with Gasteiger partial charge in [-0.1, -0.05) is 25.1 Å². The van der Waals surface area contributed by atoms with Crippen molar-refractivity contribution in [2.24, 2.45) is 0 Å². The van der Waals surface area contributed by atoms with Gasteiger partial charge < -0.3 is 10.2 Å². The van der Waals surface area contributed by atoms with Gasteiger partial charge in [-0.3, -0.25) is 0 Å². The molecule has 0 bridgehead atoms. The fraction of sp³-hybridized carbons (Fsp3) is 0.400. The van der Waals surface area contributed by atoms with E-state index in [1.165, 1.54) is 10.9 Å². The first-order valence-corrected chi connectivity index (χ1v) is 7.57. The number of hydrogen-bond donors (Lipinski definition) is 1. The topological polar surface area (TPSA) is 28.2 Å². The van der Waals surface area contributed by atoms with Gasteiger partial charge in [0, 0.05) is 30.2 Å². The monoisotopic (exact) mass is 293 g/mol. The minimum Gasteiger partial charge on any atom is -0.344 e. The molecule has 0 saturated carbocycles. The molecule has 3 nitrogen and oxygen atoms in total. The summed E-state index contributed by atoms with van der Waals surface area (Å²) in [4.78, 5) is 7.63. The Morgan fingerprint density at radius 2 is 2.15 bits per heavy atom. The van der Waals surface area contributed by atoms with Crippen molar-refractivity contribution in [2.75, 3.05) is 18.5 Å². The number of hydrogen-bond acceptors (Lipinski definition) is 4. The number of nitrogens with one attached hydrogen (secondary N) is 1. The summed E-state index contributed by atoms with van der Waals surface area (Å²) in [7, 11) is 1.95. The standard InChI is InChI=1S/C15H20FN3S/c1-4-17-9-12-10-18-15(20-12)19(3)11(2)13-7-5-6-8-14(13)16/h5-8,10-11,17H,4,9H2,1-3H3. The Morgan fingerprint density at radius 3 is 2.85 bits per heavy atom. The molecule has 20 heavy (non-hydrogen) atoms. The van der Waals surface area contributed by atoms with Crippen LogP contribution in [-0.4, -0.2) is 18.6 Å². The molecule has 1 atom stereocenters. The molecule has 0 aliphatic rings. The molecule has 0 amide bonds. The number of thiazole rings is 1. The molecular weight excluding hydrogens is 273 g/mol. The van der Waals surface area contributed by atoms with Crippen LogP contribution in [0.5, 0.6) is 0 Å². The van der Waals surface area contributed by atoms with E-state index in [1.54, 1.807) is 17.4 Å². The highest BCUT2D eigenvalue weighted by Crippen LogP contribution is 2.29. The minimum absolute atomic E-state index is 0.0469. The van der Waals surface area contributed by atoms with Crippen molar-refractivity contribution in [2.45, 2.75) is 26.4 Å². The number of halogens is 1. The van der Waals surface area contributed by atoms with Gasteiger partial charge in [0.1, 0.15) is 5.82 Å². The fourth-order valence-corrected chi connectivity index (χ4v) is 2.90. The third-order valence-corrected chi connectivity index (χ3v) is 4.42. The molecule has 0 spiro atoms. The van der Waals surface area contributed by atoms with Crippen molar-refractivity contribution >= 4 is 16.5 Å². The molecule has 0 fully saturated rings. The zero-order valence-corrected chi connectivity index (χ0v) is 12.9. The van der Waals surface area contributed by atoms with Gasteiger partial charge in [0.05, 0.1) is 6.04 Å². The van der Waals surface area contributed by atoms with E-state index >= 15 is 0 Å². The van der Waals surface area contributed by atoms with E-state index in [-0.39, 0.29) is 11.9 Å². The van der Waals surface area contributed by atoms with Crippen LogP contribution >= 0.6 is 11.3 Å². The molecule has 1 unspecified atom stereocenters. The molecule has 1 heterocycles. The molecule has 0 radical (unpaired) electrons. The molecule has 1 N–H and O–H groups in total. The maximum absolute atomic E-state index is 13.8. The molecule has 1 aromatic heterocycles. The lowest BCUT2D eigenvalue weighted by molar-refractivity contribution is 0.585. The van der Waals surface area contributed by atoms with Gasteiger partial charge in [0.25, 0.3) is 0 Å². The Labute approximate surface area is 123 Å². The van der Waals surface area contributed by atoms with Crippen LogP contribution in [0.3, 0.4) is 0 Å². The molecule has 2 aromatic rings. The van der Waals surface area contributed by atoms with Crippen molar-refractivity contribution in [3.05, 3.63) is 46.7 Å². The quantitative estimate of drug-likeness (QED) is 0.882. The molecule has 0 aliphatic carbocycles. The SMILES string of the molecule is CCNCc1cnc(N(C)C(C)c2ccccc2F)s1. The summed E-state index contributed by atoms with van der Waals surface area (Å²) < 4.78 is 13.8. The first-order chi connectivity index (χ1) is 9.63. The normalized spacial score (nSPS) is 12.4. The highest BCUT2D eigenvalue weighted by atomic mass is 32.1. The van der Waals surface area contributed by atoms with E-state index in [2.05, 4.69) is 17.2 Å². The lowest BCUT2D eigenvalue weighted by atomic mass is 10.1. The zero-order chi connectivity index (χ0) is 14.5. The second-order valence-corrected chi connectivity index (χ2v) is 5.79. The fourth-order valence-electron chi connectivity index (χ4n) is 1.98. The Balaban J connectivity index is 2.12. The summed E-state index contributed by atoms with van der Waals surface area (Å²) in [5, 5.41) is 4.19. The Kier molecular flexibility index (Phi) is 5.09. The van der Waals surface area contributed by atoms with Crippen LogP contribution < -0.4 is 10.2 Å². The van der Waals surface area contributed by atoms with Crippen LogP contribution in [-0.2, 0) is 6.54 Å². The molecular formula is C15H20FN3S. The lowest BCUT2D eigenvalue weighted by Gasteiger charge is -2.24. The maximum Gasteiger partial charge on any atom is 0.185 e. The smallest absolute Gasteiger partial charge is 0.185 e. The van der Waals surface area contributed by atoms with E-state index in [4.69, 9.17) is 0 Å². The highest BCUT2D eigenvalue weighted by molar-refractivity contribution is 7.15. The second kappa shape index (κ2) is 6.81. The largest absolute Gasteiger partial charge is 0.344 e. The van der Waals surface area contributed by atoms with Crippen LogP contribution in [0.1, 0.15) is 30.3 Å². The van der Waals surface area contributed by atoms with Crippen molar-refractivity contribution in [1.82, 2.24) is 10.3 Å². The number of aromatic nitrogens is 1. The summed E-state index contributed by atoms with van der Waals surface area (Å²) in [5.74, 6) is -0.170. The highest BCUT2D eigenvalue weighted by Gasteiger charge is 2.18.